The number of hydrogen-bond acceptors (Lipinski definition) is 3. The van der Waals surface area contributed by atoms with Crippen LogP contribution in [0, 0.1) is 0 Å². The molecule has 1 rings (SSSR count). The van der Waals surface area contributed by atoms with Crippen LogP contribution in [0.2, 0.25) is 0 Å². The number of methoxy groups -OCH3 is 1. The van der Waals surface area contributed by atoms with E-state index in [0.29, 0.717) is 0 Å². The Morgan fingerprint density at radius 2 is 2.45 bits per heavy atom. The van der Waals surface area contributed by atoms with Crippen LogP contribution in [0.5, 0.6) is 0 Å². The SMILES string of the molecule is COC(=O)O[C@@H]1C=CCCC1. The Kier molecular flexibility index (Phi) is 2.95. The van der Waals surface area contributed by atoms with Crippen LogP contribution in [0.4, 0.5) is 4.79 Å². The Morgan fingerprint density at radius 3 is 3.00 bits per heavy atom. The Balaban J connectivity index is 2.30. The van der Waals surface area contributed by atoms with Gasteiger partial charge in [-0.2, -0.15) is 0 Å². The van der Waals surface area contributed by atoms with Crippen molar-refractivity contribution < 1.29 is 14.3 Å². The molecule has 0 radical (unpaired) electrons. The van der Waals surface area contributed by atoms with Crippen LogP contribution in [-0.2, 0) is 9.47 Å². The van der Waals surface area contributed by atoms with Crippen molar-refractivity contribution in [1.29, 1.82) is 0 Å². The van der Waals surface area contributed by atoms with E-state index in [4.69, 9.17) is 4.74 Å². The summed E-state index contributed by atoms with van der Waals surface area (Å²) < 4.78 is 9.25. The fourth-order valence-corrected chi connectivity index (χ4v) is 1.05. The van der Waals surface area contributed by atoms with Crippen molar-refractivity contribution in [3.05, 3.63) is 12.2 Å². The number of ether oxygens (including phenoxy) is 2. The van der Waals surface area contributed by atoms with Gasteiger partial charge in [0.1, 0.15) is 6.10 Å². The van der Waals surface area contributed by atoms with Gasteiger partial charge >= 0.3 is 6.16 Å². The second kappa shape index (κ2) is 4.01. The third kappa shape index (κ3) is 2.62. The molecule has 0 amide bonds. The zero-order valence-corrected chi connectivity index (χ0v) is 6.58. The highest BCUT2D eigenvalue weighted by Crippen LogP contribution is 2.13. The summed E-state index contributed by atoms with van der Waals surface area (Å²) in [5, 5.41) is 0. The highest BCUT2D eigenvalue weighted by Gasteiger charge is 2.12. The molecule has 0 aliphatic heterocycles. The predicted octanol–water partition coefficient (Wildman–Crippen LogP) is 1.88. The lowest BCUT2D eigenvalue weighted by atomic mass is 10.1. The van der Waals surface area contributed by atoms with Gasteiger partial charge in [-0.05, 0) is 25.3 Å². The van der Waals surface area contributed by atoms with Gasteiger partial charge in [-0.1, -0.05) is 6.08 Å². The minimum Gasteiger partial charge on any atom is -0.438 e. The molecule has 0 bridgehead atoms. The van der Waals surface area contributed by atoms with Crippen LogP contribution < -0.4 is 0 Å². The van der Waals surface area contributed by atoms with E-state index in [2.05, 4.69) is 4.74 Å². The molecule has 1 aliphatic rings. The van der Waals surface area contributed by atoms with Gasteiger partial charge in [-0.3, -0.25) is 0 Å². The van der Waals surface area contributed by atoms with E-state index in [9.17, 15) is 4.79 Å². The minimum absolute atomic E-state index is 0.0730. The second-order valence-electron chi connectivity index (χ2n) is 2.47. The van der Waals surface area contributed by atoms with Gasteiger partial charge in [0, 0.05) is 0 Å². The molecule has 0 aromatic rings. The second-order valence-corrected chi connectivity index (χ2v) is 2.47. The summed E-state index contributed by atoms with van der Waals surface area (Å²) in [6.07, 6.45) is 6.33. The number of carbonyl (C=O) groups excluding carboxylic acids is 1. The molecule has 0 aromatic carbocycles. The van der Waals surface area contributed by atoms with E-state index in [-0.39, 0.29) is 6.10 Å². The molecule has 62 valence electrons. The van der Waals surface area contributed by atoms with E-state index in [0.717, 1.165) is 19.3 Å². The Bertz CT molecular complexity index is 163. The maximum absolute atomic E-state index is 10.6. The number of carbonyl (C=O) groups is 1. The number of hydrogen-bond donors (Lipinski definition) is 0. The van der Waals surface area contributed by atoms with Gasteiger partial charge in [0.15, 0.2) is 0 Å². The molecular weight excluding hydrogens is 144 g/mol. The van der Waals surface area contributed by atoms with Gasteiger partial charge < -0.3 is 9.47 Å². The molecule has 0 saturated carbocycles. The summed E-state index contributed by atoms with van der Waals surface area (Å²) in [6, 6.07) is 0. The van der Waals surface area contributed by atoms with E-state index < -0.39 is 6.16 Å². The molecule has 0 unspecified atom stereocenters. The first kappa shape index (κ1) is 8.11. The van der Waals surface area contributed by atoms with Gasteiger partial charge in [0.2, 0.25) is 0 Å². The van der Waals surface area contributed by atoms with Gasteiger partial charge in [0.05, 0.1) is 7.11 Å². The average Bonchev–Trinajstić information content (AvgIpc) is 2.06. The summed E-state index contributed by atoms with van der Waals surface area (Å²) in [5.74, 6) is 0. The van der Waals surface area contributed by atoms with Crippen LogP contribution in [-0.4, -0.2) is 19.4 Å². The Labute approximate surface area is 66.0 Å². The van der Waals surface area contributed by atoms with E-state index in [1.807, 2.05) is 12.2 Å². The molecule has 3 nitrogen and oxygen atoms in total. The van der Waals surface area contributed by atoms with Crippen LogP contribution in [0.1, 0.15) is 19.3 Å². The van der Waals surface area contributed by atoms with Crippen LogP contribution in [0.3, 0.4) is 0 Å². The monoisotopic (exact) mass is 156 g/mol. The Morgan fingerprint density at radius 1 is 1.64 bits per heavy atom. The molecule has 0 heterocycles. The highest BCUT2D eigenvalue weighted by atomic mass is 16.7. The van der Waals surface area contributed by atoms with Crippen molar-refractivity contribution in [1.82, 2.24) is 0 Å². The van der Waals surface area contributed by atoms with Crippen molar-refractivity contribution in [3.8, 4) is 0 Å². The van der Waals surface area contributed by atoms with E-state index in [1.54, 1.807) is 0 Å². The lowest BCUT2D eigenvalue weighted by molar-refractivity contribution is 0.0482. The molecule has 1 atom stereocenters. The summed E-state index contributed by atoms with van der Waals surface area (Å²) in [6.45, 7) is 0. The molecule has 0 fully saturated rings. The Hall–Kier alpha value is -0.990. The summed E-state index contributed by atoms with van der Waals surface area (Å²) in [4.78, 5) is 10.6. The first-order valence-corrected chi connectivity index (χ1v) is 3.74. The standard InChI is InChI=1S/C8H12O3/c1-10-8(9)11-7-5-3-2-4-6-7/h3,5,7H,2,4,6H2,1H3/t7-/m1/s1. The number of rotatable bonds is 1. The quantitative estimate of drug-likeness (QED) is 0.429. The normalized spacial score (nSPS) is 22.8. The zero-order valence-electron chi connectivity index (χ0n) is 6.58. The molecule has 0 saturated heterocycles. The molecule has 11 heavy (non-hydrogen) atoms. The zero-order chi connectivity index (χ0) is 8.10. The van der Waals surface area contributed by atoms with E-state index >= 15 is 0 Å². The average molecular weight is 156 g/mol. The van der Waals surface area contributed by atoms with Crippen molar-refractivity contribution in [3.63, 3.8) is 0 Å². The lowest BCUT2D eigenvalue weighted by Gasteiger charge is -2.15. The van der Waals surface area contributed by atoms with Crippen LogP contribution in [0.15, 0.2) is 12.2 Å². The molecule has 3 heteroatoms. The topological polar surface area (TPSA) is 35.5 Å². The smallest absolute Gasteiger partial charge is 0.438 e. The summed E-state index contributed by atoms with van der Waals surface area (Å²) in [5.41, 5.74) is 0. The first-order chi connectivity index (χ1) is 5.33. The molecule has 0 spiro atoms. The molecule has 0 aromatic heterocycles. The molecular formula is C8H12O3. The van der Waals surface area contributed by atoms with Crippen LogP contribution >= 0.6 is 0 Å². The third-order valence-corrected chi connectivity index (χ3v) is 1.62. The fourth-order valence-electron chi connectivity index (χ4n) is 1.05. The maximum Gasteiger partial charge on any atom is 0.508 e. The minimum atomic E-state index is -0.596. The van der Waals surface area contributed by atoms with Gasteiger partial charge in [-0.25, -0.2) is 4.79 Å². The summed E-state index contributed by atoms with van der Waals surface area (Å²) >= 11 is 0. The predicted molar refractivity (Wildman–Crippen MR) is 40.3 cm³/mol. The van der Waals surface area contributed by atoms with Crippen molar-refractivity contribution in [2.75, 3.05) is 7.11 Å². The van der Waals surface area contributed by atoms with E-state index in [1.165, 1.54) is 7.11 Å². The molecule has 0 N–H and O–H groups in total. The highest BCUT2D eigenvalue weighted by molar-refractivity contribution is 5.60. The van der Waals surface area contributed by atoms with Gasteiger partial charge in [0.25, 0.3) is 0 Å². The lowest BCUT2D eigenvalue weighted by Crippen LogP contribution is -2.17. The largest absolute Gasteiger partial charge is 0.508 e. The number of allylic oxidation sites excluding steroid dienone is 1. The molecule has 1 aliphatic carbocycles. The maximum atomic E-state index is 10.6. The van der Waals surface area contributed by atoms with Gasteiger partial charge in [-0.15, -0.1) is 0 Å². The first-order valence-electron chi connectivity index (χ1n) is 3.74. The van der Waals surface area contributed by atoms with Crippen molar-refractivity contribution in [2.24, 2.45) is 0 Å². The van der Waals surface area contributed by atoms with Crippen molar-refractivity contribution >= 4 is 6.16 Å². The fraction of sp³-hybridized carbons (Fsp3) is 0.625. The third-order valence-electron chi connectivity index (χ3n) is 1.62. The van der Waals surface area contributed by atoms with Crippen molar-refractivity contribution in [2.45, 2.75) is 25.4 Å². The van der Waals surface area contributed by atoms with Crippen LogP contribution in [0.25, 0.3) is 0 Å². The summed E-state index contributed by atoms with van der Waals surface area (Å²) in [7, 11) is 1.31.